The largest absolute Gasteiger partial charge is 0.458 e. The van der Waals surface area contributed by atoms with Crippen LogP contribution in [0.1, 0.15) is 38.2 Å². The molecule has 0 spiro atoms. The van der Waals surface area contributed by atoms with Crippen molar-refractivity contribution in [3.05, 3.63) is 28.5 Å². The number of hydrogen-bond acceptors (Lipinski definition) is 4. The zero-order chi connectivity index (χ0) is 14.6. The Hall–Kier alpha value is -1.43. The Morgan fingerprint density at radius 1 is 1.37 bits per heavy atom. The first-order chi connectivity index (χ1) is 8.69. The van der Waals surface area contributed by atoms with Gasteiger partial charge in [0.05, 0.1) is 0 Å². The Labute approximate surface area is 120 Å². The first-order valence-corrected chi connectivity index (χ1v) is 6.63. The van der Waals surface area contributed by atoms with E-state index in [1.54, 1.807) is 39.8 Å². The van der Waals surface area contributed by atoms with Crippen LogP contribution in [0.3, 0.4) is 0 Å². The second kappa shape index (κ2) is 6.14. The van der Waals surface area contributed by atoms with E-state index < -0.39 is 23.5 Å². The average molecular weight is 329 g/mol. The number of amides is 1. The van der Waals surface area contributed by atoms with Gasteiger partial charge in [-0.05, 0) is 55.8 Å². The molecule has 0 saturated carbocycles. The number of nitrogens with one attached hydrogen (secondary N) is 1. The normalized spacial score (nSPS) is 12.7. The maximum absolute atomic E-state index is 11.8. The van der Waals surface area contributed by atoms with Crippen LogP contribution in [0.15, 0.2) is 22.8 Å². The molecule has 1 heterocycles. The standard InChI is InChI=1S/C13H17BrN2O3/c1-8(12(18)19-13(2,3)4)16-11(17)10-6-5-9(14)7-15-10/h5-8H,1-4H3,(H,16,17)/t8-/m0/s1. The molecule has 0 bridgehead atoms. The number of halogens is 1. The molecule has 0 aliphatic heterocycles. The highest BCUT2D eigenvalue weighted by atomic mass is 79.9. The SMILES string of the molecule is C[C@H](NC(=O)c1ccc(Br)cn1)C(=O)OC(C)(C)C. The van der Waals surface area contributed by atoms with Crippen LogP contribution < -0.4 is 5.32 Å². The minimum Gasteiger partial charge on any atom is -0.458 e. The zero-order valence-corrected chi connectivity index (χ0v) is 12.9. The van der Waals surface area contributed by atoms with Crippen LogP contribution >= 0.6 is 15.9 Å². The van der Waals surface area contributed by atoms with E-state index in [0.717, 1.165) is 4.47 Å². The molecule has 0 aliphatic rings. The molecule has 1 atom stereocenters. The van der Waals surface area contributed by atoms with Crippen molar-refractivity contribution in [1.82, 2.24) is 10.3 Å². The number of esters is 1. The van der Waals surface area contributed by atoms with Crippen LogP contribution in [0.25, 0.3) is 0 Å². The van der Waals surface area contributed by atoms with Crippen LogP contribution in [-0.2, 0) is 9.53 Å². The van der Waals surface area contributed by atoms with E-state index >= 15 is 0 Å². The molecule has 0 radical (unpaired) electrons. The molecule has 104 valence electrons. The summed E-state index contributed by atoms with van der Waals surface area (Å²) < 4.78 is 5.96. The number of pyridine rings is 1. The summed E-state index contributed by atoms with van der Waals surface area (Å²) in [6.45, 7) is 6.89. The molecule has 0 aliphatic carbocycles. The lowest BCUT2D eigenvalue weighted by Gasteiger charge is -2.22. The number of ether oxygens (including phenoxy) is 1. The lowest BCUT2D eigenvalue weighted by Crippen LogP contribution is -2.42. The van der Waals surface area contributed by atoms with Gasteiger partial charge in [0.25, 0.3) is 5.91 Å². The molecule has 6 heteroatoms. The molecule has 1 rings (SSSR count). The Morgan fingerprint density at radius 3 is 2.47 bits per heavy atom. The van der Waals surface area contributed by atoms with E-state index in [2.05, 4.69) is 26.2 Å². The van der Waals surface area contributed by atoms with Crippen molar-refractivity contribution < 1.29 is 14.3 Å². The third-order valence-corrected chi connectivity index (χ3v) is 2.54. The molecule has 0 saturated heterocycles. The topological polar surface area (TPSA) is 68.3 Å². The minimum atomic E-state index is -0.725. The Balaban J connectivity index is 2.61. The van der Waals surface area contributed by atoms with Gasteiger partial charge in [0.15, 0.2) is 0 Å². The number of rotatable bonds is 3. The maximum atomic E-state index is 11.8. The van der Waals surface area contributed by atoms with Gasteiger partial charge in [-0.1, -0.05) is 0 Å². The summed E-state index contributed by atoms with van der Waals surface area (Å²) in [6.07, 6.45) is 1.52. The molecule has 1 aromatic heterocycles. The molecule has 1 N–H and O–H groups in total. The molecule has 0 fully saturated rings. The first kappa shape index (κ1) is 15.6. The molecule has 0 unspecified atom stereocenters. The predicted octanol–water partition coefficient (Wildman–Crippen LogP) is 2.30. The maximum Gasteiger partial charge on any atom is 0.328 e. The molecular weight excluding hydrogens is 312 g/mol. The van der Waals surface area contributed by atoms with Gasteiger partial charge < -0.3 is 10.1 Å². The van der Waals surface area contributed by atoms with Crippen molar-refractivity contribution in [2.45, 2.75) is 39.3 Å². The van der Waals surface area contributed by atoms with Gasteiger partial charge in [-0.15, -0.1) is 0 Å². The van der Waals surface area contributed by atoms with Gasteiger partial charge in [0.2, 0.25) is 0 Å². The van der Waals surface area contributed by atoms with Gasteiger partial charge in [-0.2, -0.15) is 0 Å². The fraction of sp³-hybridized carbons (Fsp3) is 0.462. The number of carbonyl (C=O) groups is 2. The highest BCUT2D eigenvalue weighted by molar-refractivity contribution is 9.10. The van der Waals surface area contributed by atoms with E-state index in [-0.39, 0.29) is 5.69 Å². The Kier molecular flexibility index (Phi) is 5.05. The molecule has 1 amide bonds. The second-order valence-corrected chi connectivity index (χ2v) is 6.01. The molecule has 0 aromatic carbocycles. The third kappa shape index (κ3) is 5.38. The highest BCUT2D eigenvalue weighted by Gasteiger charge is 2.23. The number of aromatic nitrogens is 1. The summed E-state index contributed by atoms with van der Waals surface area (Å²) in [7, 11) is 0. The minimum absolute atomic E-state index is 0.249. The summed E-state index contributed by atoms with van der Waals surface area (Å²) in [4.78, 5) is 27.5. The molecule has 5 nitrogen and oxygen atoms in total. The quantitative estimate of drug-likeness (QED) is 0.864. The van der Waals surface area contributed by atoms with Crippen molar-refractivity contribution in [1.29, 1.82) is 0 Å². The summed E-state index contributed by atoms with van der Waals surface area (Å²) in [5, 5.41) is 2.55. The average Bonchev–Trinajstić information content (AvgIpc) is 2.27. The number of carbonyl (C=O) groups excluding carboxylic acids is 2. The predicted molar refractivity (Wildman–Crippen MR) is 74.7 cm³/mol. The van der Waals surface area contributed by atoms with E-state index in [4.69, 9.17) is 4.74 Å². The Bertz CT molecular complexity index is 466. The highest BCUT2D eigenvalue weighted by Crippen LogP contribution is 2.09. The van der Waals surface area contributed by atoms with Gasteiger partial charge in [-0.25, -0.2) is 9.78 Å². The fourth-order valence-electron chi connectivity index (χ4n) is 1.23. The monoisotopic (exact) mass is 328 g/mol. The lowest BCUT2D eigenvalue weighted by atomic mass is 10.2. The van der Waals surface area contributed by atoms with E-state index in [1.165, 1.54) is 6.20 Å². The van der Waals surface area contributed by atoms with Gasteiger partial charge in [-0.3, -0.25) is 4.79 Å². The summed E-state index contributed by atoms with van der Waals surface area (Å²) in [5.74, 6) is -0.885. The van der Waals surface area contributed by atoms with E-state index in [0.29, 0.717) is 0 Å². The van der Waals surface area contributed by atoms with Crippen LogP contribution in [0.5, 0.6) is 0 Å². The van der Waals surface area contributed by atoms with Gasteiger partial charge >= 0.3 is 5.97 Å². The summed E-state index contributed by atoms with van der Waals surface area (Å²) >= 11 is 3.23. The first-order valence-electron chi connectivity index (χ1n) is 5.84. The van der Waals surface area contributed by atoms with Crippen LogP contribution in [-0.4, -0.2) is 28.5 Å². The number of hydrogen-bond donors (Lipinski definition) is 1. The van der Waals surface area contributed by atoms with Crippen molar-refractivity contribution in [3.63, 3.8) is 0 Å². The summed E-state index contributed by atoms with van der Waals surface area (Å²) in [6, 6.07) is 2.55. The third-order valence-electron chi connectivity index (χ3n) is 2.07. The van der Waals surface area contributed by atoms with Crippen LogP contribution in [0.4, 0.5) is 0 Å². The Morgan fingerprint density at radius 2 is 2.00 bits per heavy atom. The van der Waals surface area contributed by atoms with Crippen molar-refractivity contribution in [3.8, 4) is 0 Å². The van der Waals surface area contributed by atoms with E-state index in [9.17, 15) is 9.59 Å². The van der Waals surface area contributed by atoms with Crippen LogP contribution in [0.2, 0.25) is 0 Å². The van der Waals surface area contributed by atoms with Crippen molar-refractivity contribution in [2.24, 2.45) is 0 Å². The van der Waals surface area contributed by atoms with Crippen LogP contribution in [0, 0.1) is 0 Å². The molecule has 1 aromatic rings. The zero-order valence-electron chi connectivity index (χ0n) is 11.4. The van der Waals surface area contributed by atoms with Gasteiger partial charge in [0, 0.05) is 10.7 Å². The molecule has 19 heavy (non-hydrogen) atoms. The lowest BCUT2D eigenvalue weighted by molar-refractivity contribution is -0.156. The molecular formula is C13H17BrN2O3. The van der Waals surface area contributed by atoms with Crippen molar-refractivity contribution in [2.75, 3.05) is 0 Å². The smallest absolute Gasteiger partial charge is 0.328 e. The summed E-state index contributed by atoms with van der Waals surface area (Å²) in [5.41, 5.74) is -0.329. The second-order valence-electron chi connectivity index (χ2n) is 5.09. The van der Waals surface area contributed by atoms with Crippen molar-refractivity contribution >= 4 is 27.8 Å². The fourth-order valence-corrected chi connectivity index (χ4v) is 1.46. The number of nitrogens with zero attached hydrogens (tertiary/aromatic N) is 1. The van der Waals surface area contributed by atoms with Gasteiger partial charge in [0.1, 0.15) is 17.3 Å². The van der Waals surface area contributed by atoms with E-state index in [1.807, 2.05) is 0 Å².